The lowest BCUT2D eigenvalue weighted by Crippen LogP contribution is -1.92. The number of hydrogen-bond donors (Lipinski definition) is 0. The van der Waals surface area contributed by atoms with Crippen molar-refractivity contribution in [3.63, 3.8) is 0 Å². The lowest BCUT2D eigenvalue weighted by Gasteiger charge is -2.19. The number of para-hydroxylation sites is 3. The van der Waals surface area contributed by atoms with E-state index in [-0.39, 0.29) is 0 Å². The molecule has 15 rings (SSSR count). The third-order valence-corrected chi connectivity index (χ3v) is 15.1. The lowest BCUT2D eigenvalue weighted by molar-refractivity contribution is 1.31. The summed E-state index contributed by atoms with van der Waals surface area (Å²) in [4.78, 5) is 5.13. The molecule has 0 saturated heterocycles. The van der Waals surface area contributed by atoms with E-state index in [1.807, 2.05) is 0 Å². The van der Waals surface area contributed by atoms with Crippen molar-refractivity contribution >= 4 is 92.2 Å². The van der Waals surface area contributed by atoms with E-state index in [0.29, 0.717) is 0 Å². The van der Waals surface area contributed by atoms with E-state index < -0.39 is 0 Å². The maximum atomic E-state index is 5.13. The largest absolute Gasteiger partial charge is 0.292 e. The molecule has 0 aliphatic rings. The van der Waals surface area contributed by atoms with E-state index in [0.717, 1.165) is 22.1 Å². The van der Waals surface area contributed by atoms with Gasteiger partial charge in [0.1, 0.15) is 5.65 Å². The summed E-state index contributed by atoms with van der Waals surface area (Å²) < 4.78 is 2.31. The van der Waals surface area contributed by atoms with E-state index in [1.54, 1.807) is 0 Å². The van der Waals surface area contributed by atoms with E-state index in [4.69, 9.17) is 4.98 Å². The molecular weight excluding hydrogens is 857 g/mol. The zero-order chi connectivity index (χ0) is 46.6. The Kier molecular flexibility index (Phi) is 8.69. The average Bonchev–Trinajstić information content (AvgIpc) is 3.84. The summed E-state index contributed by atoms with van der Waals surface area (Å²) in [6, 6.07) is 94.1. The first-order valence-corrected chi connectivity index (χ1v) is 24.5. The molecule has 71 heavy (non-hydrogen) atoms. The minimum absolute atomic E-state index is 0.992. The standard InChI is InChI=1S/C69H42N2/c1-3-13-47-37-49(27-23-43(47)11-1)45-21-25-46(26-22-45)67-58-16-5-6-17-59(58)68(56-32-24-44-12-2-4-14-48(44)40-56)60-35-33-55(42-63(60)67)53-31-29-50-38-52(30-28-51(50)39-53)54-34-36-61-62(41-54)57-15-7-9-19-65(57)71-66-20-10-8-18-64(66)70-69(61)71/h1-42H. The van der Waals surface area contributed by atoms with Crippen LogP contribution in [-0.4, -0.2) is 9.38 Å². The summed E-state index contributed by atoms with van der Waals surface area (Å²) >= 11 is 0. The topological polar surface area (TPSA) is 17.3 Å². The number of benzene rings is 13. The fraction of sp³-hybridized carbons (Fsp3) is 0. The Hall–Kier alpha value is -9.37. The van der Waals surface area contributed by atoms with Gasteiger partial charge in [-0.1, -0.05) is 194 Å². The van der Waals surface area contributed by atoms with E-state index >= 15 is 0 Å². The third-order valence-electron chi connectivity index (χ3n) is 15.1. The van der Waals surface area contributed by atoms with Crippen LogP contribution in [0, 0.1) is 0 Å². The van der Waals surface area contributed by atoms with Gasteiger partial charge in [0.15, 0.2) is 0 Å². The fourth-order valence-electron chi connectivity index (χ4n) is 11.6. The van der Waals surface area contributed by atoms with E-state index in [1.165, 1.54) is 126 Å². The summed E-state index contributed by atoms with van der Waals surface area (Å²) in [5, 5.41) is 16.0. The SMILES string of the molecule is c1ccc2cc(-c3ccc(-c4c5ccccc5c(-c5ccc6ccccc6c5)c5ccc(-c6ccc7cc(-c8ccc9c(c8)c8ccccc8n8c%10ccccc%10nc98)ccc7c6)cc45)cc3)ccc2c1. The molecule has 2 aromatic heterocycles. The summed E-state index contributed by atoms with van der Waals surface area (Å²) in [6.45, 7) is 0. The van der Waals surface area contributed by atoms with Gasteiger partial charge in [0.2, 0.25) is 0 Å². The molecule has 0 amide bonds. The molecule has 0 N–H and O–H groups in total. The smallest absolute Gasteiger partial charge is 0.146 e. The van der Waals surface area contributed by atoms with Gasteiger partial charge in [-0.3, -0.25) is 4.40 Å². The molecule has 0 aliphatic carbocycles. The fourth-order valence-corrected chi connectivity index (χ4v) is 11.6. The molecule has 2 nitrogen and oxygen atoms in total. The molecule has 0 fully saturated rings. The van der Waals surface area contributed by atoms with Crippen molar-refractivity contribution in [2.24, 2.45) is 0 Å². The Morgan fingerprint density at radius 3 is 1.28 bits per heavy atom. The second-order valence-electron chi connectivity index (χ2n) is 19.1. The Bertz CT molecular complexity index is 4690. The number of rotatable bonds is 5. The van der Waals surface area contributed by atoms with Crippen molar-refractivity contribution in [1.29, 1.82) is 0 Å². The van der Waals surface area contributed by atoms with Gasteiger partial charge in [-0.15, -0.1) is 0 Å². The van der Waals surface area contributed by atoms with Gasteiger partial charge in [-0.2, -0.15) is 0 Å². The number of imidazole rings is 1. The van der Waals surface area contributed by atoms with Gasteiger partial charge >= 0.3 is 0 Å². The molecule has 0 radical (unpaired) electrons. The molecule has 0 bridgehead atoms. The third kappa shape index (κ3) is 6.32. The van der Waals surface area contributed by atoms with Gasteiger partial charge in [0.25, 0.3) is 0 Å². The molecule has 2 heteroatoms. The number of nitrogens with zero attached hydrogens (tertiary/aromatic N) is 2. The molecule has 2 heterocycles. The molecule has 13 aromatic carbocycles. The van der Waals surface area contributed by atoms with Crippen LogP contribution < -0.4 is 0 Å². The van der Waals surface area contributed by atoms with E-state index in [2.05, 4.69) is 259 Å². The minimum atomic E-state index is 0.992. The molecule has 0 saturated carbocycles. The van der Waals surface area contributed by atoms with Gasteiger partial charge in [0.05, 0.1) is 16.6 Å². The maximum absolute atomic E-state index is 5.13. The molecule has 328 valence electrons. The molecule has 15 aromatic rings. The molecule has 0 aliphatic heterocycles. The van der Waals surface area contributed by atoms with Crippen LogP contribution in [0.3, 0.4) is 0 Å². The summed E-state index contributed by atoms with van der Waals surface area (Å²) in [6.07, 6.45) is 0. The highest BCUT2D eigenvalue weighted by Crippen LogP contribution is 2.46. The Labute approximate surface area is 410 Å². The molecule has 0 atom stereocenters. The predicted octanol–water partition coefficient (Wildman–Crippen LogP) is 18.9. The van der Waals surface area contributed by atoms with Crippen LogP contribution in [0.5, 0.6) is 0 Å². The first kappa shape index (κ1) is 39.6. The first-order chi connectivity index (χ1) is 35.2. The molecule has 0 spiro atoms. The number of pyridine rings is 1. The monoisotopic (exact) mass is 898 g/mol. The van der Waals surface area contributed by atoms with E-state index in [9.17, 15) is 0 Å². The van der Waals surface area contributed by atoms with Crippen molar-refractivity contribution in [2.45, 2.75) is 0 Å². The Morgan fingerprint density at radius 2 is 0.620 bits per heavy atom. The summed E-state index contributed by atoms with van der Waals surface area (Å²) in [5.74, 6) is 0. The normalized spacial score (nSPS) is 11.9. The average molecular weight is 899 g/mol. The predicted molar refractivity (Wildman–Crippen MR) is 302 cm³/mol. The highest BCUT2D eigenvalue weighted by Gasteiger charge is 2.19. The Balaban J connectivity index is 0.867. The van der Waals surface area contributed by atoms with Crippen LogP contribution in [0.25, 0.3) is 148 Å². The van der Waals surface area contributed by atoms with Crippen LogP contribution in [0.4, 0.5) is 0 Å². The van der Waals surface area contributed by atoms with Gasteiger partial charge < -0.3 is 0 Å². The maximum Gasteiger partial charge on any atom is 0.146 e. The van der Waals surface area contributed by atoms with Crippen molar-refractivity contribution in [2.75, 3.05) is 0 Å². The van der Waals surface area contributed by atoms with Crippen molar-refractivity contribution in [3.8, 4) is 55.6 Å². The second-order valence-corrected chi connectivity index (χ2v) is 19.1. The van der Waals surface area contributed by atoms with Crippen LogP contribution in [0.2, 0.25) is 0 Å². The minimum Gasteiger partial charge on any atom is -0.292 e. The molecular formula is C69H42N2. The lowest BCUT2D eigenvalue weighted by atomic mass is 9.84. The van der Waals surface area contributed by atoms with Gasteiger partial charge in [0, 0.05) is 10.8 Å². The second kappa shape index (κ2) is 15.6. The van der Waals surface area contributed by atoms with Crippen molar-refractivity contribution in [1.82, 2.24) is 9.38 Å². The quantitative estimate of drug-likeness (QED) is 0.124. The number of hydrogen-bond acceptors (Lipinski definition) is 1. The number of aromatic nitrogens is 2. The highest BCUT2D eigenvalue weighted by molar-refractivity contribution is 6.22. The van der Waals surface area contributed by atoms with Crippen molar-refractivity contribution < 1.29 is 0 Å². The van der Waals surface area contributed by atoms with Gasteiger partial charge in [-0.05, 0) is 176 Å². The highest BCUT2D eigenvalue weighted by atomic mass is 15.0. The zero-order valence-electron chi connectivity index (χ0n) is 38.6. The van der Waals surface area contributed by atoms with Crippen molar-refractivity contribution in [3.05, 3.63) is 255 Å². The van der Waals surface area contributed by atoms with Crippen LogP contribution >= 0.6 is 0 Å². The summed E-state index contributed by atoms with van der Waals surface area (Å²) in [7, 11) is 0. The first-order valence-electron chi connectivity index (χ1n) is 24.5. The molecule has 0 unspecified atom stereocenters. The summed E-state index contributed by atoms with van der Waals surface area (Å²) in [5.41, 5.74) is 16.4. The van der Waals surface area contributed by atoms with Crippen LogP contribution in [0.15, 0.2) is 255 Å². The Morgan fingerprint density at radius 1 is 0.225 bits per heavy atom. The van der Waals surface area contributed by atoms with Gasteiger partial charge in [-0.25, -0.2) is 4.98 Å². The van der Waals surface area contributed by atoms with Crippen LogP contribution in [0.1, 0.15) is 0 Å². The zero-order valence-corrected chi connectivity index (χ0v) is 38.6. The van der Waals surface area contributed by atoms with Crippen LogP contribution in [-0.2, 0) is 0 Å². The number of fused-ring (bicyclic) bond motifs is 13.